The van der Waals surface area contributed by atoms with Crippen LogP contribution in [0.25, 0.3) is 0 Å². The molecule has 1 fully saturated rings. The van der Waals surface area contributed by atoms with E-state index in [-0.39, 0.29) is 12.0 Å². The average Bonchev–Trinajstić information content (AvgIpc) is 2.86. The normalized spacial score (nSPS) is 17.7. The first-order valence-electron chi connectivity index (χ1n) is 9.44. The lowest BCUT2D eigenvalue weighted by Gasteiger charge is -2.31. The van der Waals surface area contributed by atoms with Crippen molar-refractivity contribution in [1.82, 2.24) is 9.97 Å². The maximum Gasteiger partial charge on any atom is 0.255 e. The third kappa shape index (κ3) is 5.14. The van der Waals surface area contributed by atoms with E-state index in [2.05, 4.69) is 20.2 Å². The summed E-state index contributed by atoms with van der Waals surface area (Å²) >= 11 is 6.58. The molecule has 1 aliphatic heterocycles. The van der Waals surface area contributed by atoms with Crippen molar-refractivity contribution in [2.45, 2.75) is 38.8 Å². The number of anilines is 3. The van der Waals surface area contributed by atoms with E-state index >= 15 is 0 Å². The Morgan fingerprint density at radius 2 is 2.14 bits per heavy atom. The molecule has 0 unspecified atom stereocenters. The lowest BCUT2D eigenvalue weighted by molar-refractivity contribution is -0.130. The predicted octanol–water partition coefficient (Wildman–Crippen LogP) is 2.70. The second-order valence-electron chi connectivity index (χ2n) is 7.61. The van der Waals surface area contributed by atoms with Crippen molar-refractivity contribution in [1.29, 1.82) is 0 Å². The summed E-state index contributed by atoms with van der Waals surface area (Å²) in [5.74, 6) is 0.438. The molecule has 1 saturated heterocycles. The van der Waals surface area contributed by atoms with E-state index in [1.165, 1.54) is 13.8 Å². The number of rotatable bonds is 4. The smallest absolute Gasteiger partial charge is 0.255 e. The minimum atomic E-state index is -1.48. The Kier molecular flexibility index (Phi) is 6.26. The van der Waals surface area contributed by atoms with Crippen LogP contribution in [0.2, 0.25) is 5.02 Å². The molecule has 2 heterocycles. The molecule has 0 aliphatic carbocycles. The fourth-order valence-corrected chi connectivity index (χ4v) is 3.50. The molecule has 0 saturated carbocycles. The number of benzene rings is 1. The van der Waals surface area contributed by atoms with Crippen molar-refractivity contribution in [3.63, 3.8) is 0 Å². The second-order valence-corrected chi connectivity index (χ2v) is 8.02. The number of aryl methyl sites for hydroxylation is 1. The second kappa shape index (κ2) is 8.52. The van der Waals surface area contributed by atoms with Gasteiger partial charge in [-0.15, -0.1) is 0 Å². The van der Waals surface area contributed by atoms with Gasteiger partial charge < -0.3 is 25.8 Å². The molecule has 9 heteroatoms. The van der Waals surface area contributed by atoms with Crippen LogP contribution in [-0.2, 0) is 9.53 Å². The summed E-state index contributed by atoms with van der Waals surface area (Å²) in [5, 5.41) is 13.0. The number of carbonyl (C=O) groups is 1. The van der Waals surface area contributed by atoms with E-state index in [1.54, 1.807) is 12.1 Å². The third-order valence-corrected chi connectivity index (χ3v) is 4.99. The van der Waals surface area contributed by atoms with Gasteiger partial charge in [0.15, 0.2) is 0 Å². The highest BCUT2D eigenvalue weighted by Gasteiger charge is 2.28. The SMILES string of the molecule is Cc1cc(N2CCCOC[C@@H]2c2ccc(NC(=O)C(C)(C)O)cc2Cl)nc(N)n1. The van der Waals surface area contributed by atoms with E-state index in [0.29, 0.717) is 23.9 Å². The van der Waals surface area contributed by atoms with Gasteiger partial charge in [0, 0.05) is 35.6 Å². The van der Waals surface area contributed by atoms with Crippen LogP contribution in [0.5, 0.6) is 0 Å². The molecule has 0 bridgehead atoms. The van der Waals surface area contributed by atoms with Gasteiger partial charge in [0.05, 0.1) is 12.6 Å². The quantitative estimate of drug-likeness (QED) is 0.698. The van der Waals surface area contributed by atoms with Gasteiger partial charge in [-0.25, -0.2) is 4.98 Å². The largest absolute Gasteiger partial charge is 0.381 e. The number of hydrogen-bond acceptors (Lipinski definition) is 7. The van der Waals surface area contributed by atoms with Gasteiger partial charge in [-0.3, -0.25) is 4.79 Å². The Morgan fingerprint density at radius 1 is 1.38 bits per heavy atom. The first-order valence-corrected chi connectivity index (χ1v) is 9.82. The molecule has 1 aliphatic rings. The van der Waals surface area contributed by atoms with E-state index in [9.17, 15) is 9.90 Å². The van der Waals surface area contributed by atoms with Crippen LogP contribution in [-0.4, -0.2) is 46.3 Å². The van der Waals surface area contributed by atoms with E-state index in [1.807, 2.05) is 19.1 Å². The Bertz CT molecular complexity index is 880. The molecular formula is C20H26ClN5O3. The van der Waals surface area contributed by atoms with Crippen molar-refractivity contribution >= 4 is 35.0 Å². The molecule has 0 radical (unpaired) electrons. The summed E-state index contributed by atoms with van der Waals surface area (Å²) < 4.78 is 5.79. The van der Waals surface area contributed by atoms with E-state index < -0.39 is 11.5 Å². The monoisotopic (exact) mass is 419 g/mol. The number of nitrogen functional groups attached to an aromatic ring is 1. The molecule has 3 rings (SSSR count). The predicted molar refractivity (Wildman–Crippen MR) is 113 cm³/mol. The maximum atomic E-state index is 12.0. The van der Waals surface area contributed by atoms with Crippen LogP contribution in [0.1, 0.15) is 37.6 Å². The number of hydrogen-bond donors (Lipinski definition) is 3. The van der Waals surface area contributed by atoms with Gasteiger partial charge >= 0.3 is 0 Å². The number of aliphatic hydroxyl groups is 1. The zero-order valence-electron chi connectivity index (χ0n) is 16.8. The van der Waals surface area contributed by atoms with Crippen molar-refractivity contribution in [3.05, 3.63) is 40.5 Å². The summed E-state index contributed by atoms with van der Waals surface area (Å²) in [5.41, 5.74) is 6.51. The average molecular weight is 420 g/mol. The first kappa shape index (κ1) is 21.3. The Morgan fingerprint density at radius 3 is 2.79 bits per heavy atom. The van der Waals surface area contributed by atoms with Crippen LogP contribution in [0.4, 0.5) is 17.5 Å². The molecule has 1 aromatic carbocycles. The van der Waals surface area contributed by atoms with Crippen LogP contribution in [0.3, 0.4) is 0 Å². The van der Waals surface area contributed by atoms with Crippen LogP contribution in [0, 0.1) is 6.92 Å². The number of amides is 1. The molecule has 1 amide bonds. The van der Waals surface area contributed by atoms with Gasteiger partial charge in [-0.05, 0) is 44.9 Å². The molecule has 1 aromatic heterocycles. The lowest BCUT2D eigenvalue weighted by atomic mass is 10.0. The highest BCUT2D eigenvalue weighted by molar-refractivity contribution is 6.31. The van der Waals surface area contributed by atoms with Crippen LogP contribution in [0.15, 0.2) is 24.3 Å². The van der Waals surface area contributed by atoms with Gasteiger partial charge in [0.25, 0.3) is 5.91 Å². The van der Waals surface area contributed by atoms with Crippen molar-refractivity contribution in [2.75, 3.05) is 35.7 Å². The summed E-state index contributed by atoms with van der Waals surface area (Å²) in [6, 6.07) is 7.00. The molecule has 0 spiro atoms. The molecule has 1 atom stereocenters. The molecule has 2 aromatic rings. The highest BCUT2D eigenvalue weighted by Crippen LogP contribution is 2.34. The minimum Gasteiger partial charge on any atom is -0.381 e. The number of nitrogens with two attached hydrogens (primary N) is 1. The van der Waals surface area contributed by atoms with Gasteiger partial charge in [0.2, 0.25) is 5.95 Å². The molecule has 4 N–H and O–H groups in total. The highest BCUT2D eigenvalue weighted by atomic mass is 35.5. The number of halogens is 1. The van der Waals surface area contributed by atoms with Gasteiger partial charge in [0.1, 0.15) is 11.4 Å². The number of nitrogens with zero attached hydrogens (tertiary/aromatic N) is 3. The van der Waals surface area contributed by atoms with Crippen LogP contribution >= 0.6 is 11.6 Å². The van der Waals surface area contributed by atoms with Crippen LogP contribution < -0.4 is 16.0 Å². The number of ether oxygens (including phenoxy) is 1. The number of aromatic nitrogens is 2. The fraction of sp³-hybridized carbons (Fsp3) is 0.450. The Labute approximate surface area is 175 Å². The minimum absolute atomic E-state index is 0.169. The Balaban J connectivity index is 1.92. The van der Waals surface area contributed by atoms with Crippen molar-refractivity contribution < 1.29 is 14.6 Å². The maximum absolute atomic E-state index is 12.0. The third-order valence-electron chi connectivity index (χ3n) is 4.66. The summed E-state index contributed by atoms with van der Waals surface area (Å²) in [7, 11) is 0. The molecular weight excluding hydrogens is 394 g/mol. The summed E-state index contributed by atoms with van der Waals surface area (Å²) in [4.78, 5) is 22.7. The molecule has 8 nitrogen and oxygen atoms in total. The van der Waals surface area contributed by atoms with Crippen molar-refractivity contribution in [3.8, 4) is 0 Å². The fourth-order valence-electron chi connectivity index (χ4n) is 3.19. The molecule has 29 heavy (non-hydrogen) atoms. The number of carbonyl (C=O) groups excluding carboxylic acids is 1. The standard InChI is InChI=1S/C20H26ClN5O3/c1-12-9-17(25-19(22)23-12)26-7-4-8-29-11-16(26)14-6-5-13(10-15(14)21)24-18(27)20(2,3)28/h5-6,9-10,16,28H,4,7-8,11H2,1-3H3,(H,24,27)(H2,22,23,25)/t16-/m1/s1. The first-order chi connectivity index (χ1) is 13.6. The Hall–Kier alpha value is -2.42. The zero-order valence-corrected chi connectivity index (χ0v) is 17.5. The van der Waals surface area contributed by atoms with Crippen molar-refractivity contribution in [2.24, 2.45) is 0 Å². The number of nitrogens with one attached hydrogen (secondary N) is 1. The zero-order chi connectivity index (χ0) is 21.2. The summed E-state index contributed by atoms with van der Waals surface area (Å²) in [6.07, 6.45) is 0.844. The lowest BCUT2D eigenvalue weighted by Crippen LogP contribution is -2.36. The molecule has 156 valence electrons. The summed E-state index contributed by atoms with van der Waals surface area (Å²) in [6.45, 7) is 6.54. The van der Waals surface area contributed by atoms with E-state index in [4.69, 9.17) is 22.1 Å². The van der Waals surface area contributed by atoms with Gasteiger partial charge in [-0.2, -0.15) is 4.98 Å². The van der Waals surface area contributed by atoms with E-state index in [0.717, 1.165) is 30.0 Å². The van der Waals surface area contributed by atoms with Gasteiger partial charge in [-0.1, -0.05) is 17.7 Å². The topological polar surface area (TPSA) is 114 Å².